The third kappa shape index (κ3) is 5.83. The predicted molar refractivity (Wildman–Crippen MR) is 109 cm³/mol. The molecule has 26 heavy (non-hydrogen) atoms. The van der Waals surface area contributed by atoms with E-state index in [2.05, 4.69) is 24.5 Å². The van der Waals surface area contributed by atoms with E-state index in [0.29, 0.717) is 22.6 Å². The summed E-state index contributed by atoms with van der Waals surface area (Å²) >= 11 is 7.97. The van der Waals surface area contributed by atoms with E-state index in [1.54, 1.807) is 18.7 Å². The maximum Gasteiger partial charge on any atom is 0.357 e. The zero-order chi connectivity index (χ0) is 19.1. The zero-order valence-electron chi connectivity index (χ0n) is 15.4. The van der Waals surface area contributed by atoms with Crippen LogP contribution in [0.1, 0.15) is 49.7 Å². The molecule has 0 heterocycles. The first-order valence-corrected chi connectivity index (χ1v) is 10.4. The lowest BCUT2D eigenvalue weighted by molar-refractivity contribution is -0.139. The predicted octanol–water partition coefficient (Wildman–Crippen LogP) is 3.60. The number of carbonyl (C=O) groups excluding carboxylic acids is 1. The molecular weight excluding hydrogens is 370 g/mol. The fraction of sp³-hybridized carbons (Fsp3) is 0.526. The van der Waals surface area contributed by atoms with Crippen molar-refractivity contribution in [3.63, 3.8) is 0 Å². The van der Waals surface area contributed by atoms with Crippen molar-refractivity contribution in [1.82, 2.24) is 5.43 Å². The van der Waals surface area contributed by atoms with Crippen molar-refractivity contribution in [3.05, 3.63) is 45.7 Å². The number of esters is 1. The number of ether oxygens (including phenoxy) is 1. The second-order valence-electron chi connectivity index (χ2n) is 6.61. The molecule has 0 saturated heterocycles. The first-order chi connectivity index (χ1) is 12.4. The number of aryl methyl sites for hydroxylation is 1. The van der Waals surface area contributed by atoms with Crippen molar-refractivity contribution in [2.75, 3.05) is 12.4 Å². The summed E-state index contributed by atoms with van der Waals surface area (Å²) in [5, 5.41) is 1.35. The van der Waals surface area contributed by atoms with Crippen molar-refractivity contribution in [2.24, 2.45) is 11.6 Å². The van der Waals surface area contributed by atoms with Crippen molar-refractivity contribution in [3.8, 4) is 0 Å². The highest BCUT2D eigenvalue weighted by Crippen LogP contribution is 2.38. The average molecular weight is 398 g/mol. The summed E-state index contributed by atoms with van der Waals surface area (Å²) in [4.78, 5) is 11.8. The number of halogens is 1. The van der Waals surface area contributed by atoms with E-state index in [1.165, 1.54) is 11.1 Å². The van der Waals surface area contributed by atoms with Gasteiger partial charge in [0.05, 0.1) is 12.3 Å². The van der Waals surface area contributed by atoms with Gasteiger partial charge in [-0.3, -0.25) is 5.84 Å². The molecule has 5 nitrogen and oxygen atoms in total. The SMILES string of the molecule is CCOC(=O)/C(NN)=C(/N)CSC1CCC(c2cc(C)cc(Cl)c2)CC1. The number of hydrazine groups is 1. The Morgan fingerprint density at radius 1 is 1.31 bits per heavy atom. The zero-order valence-corrected chi connectivity index (χ0v) is 17.0. The molecule has 0 aliphatic heterocycles. The number of hydrogen-bond donors (Lipinski definition) is 3. The van der Waals surface area contributed by atoms with Crippen LogP contribution in [-0.4, -0.2) is 23.6 Å². The van der Waals surface area contributed by atoms with Gasteiger partial charge in [-0.1, -0.05) is 17.7 Å². The third-order valence-corrected chi connectivity index (χ3v) is 6.27. The lowest BCUT2D eigenvalue weighted by Gasteiger charge is -2.29. The largest absolute Gasteiger partial charge is 0.461 e. The number of thioether (sulfide) groups is 1. The molecule has 1 saturated carbocycles. The van der Waals surface area contributed by atoms with Crippen LogP contribution in [0.15, 0.2) is 29.6 Å². The number of carbonyl (C=O) groups is 1. The van der Waals surface area contributed by atoms with Gasteiger partial charge in [0.15, 0.2) is 5.70 Å². The van der Waals surface area contributed by atoms with E-state index in [4.69, 9.17) is 27.9 Å². The Morgan fingerprint density at radius 3 is 2.58 bits per heavy atom. The van der Waals surface area contributed by atoms with Gasteiger partial charge < -0.3 is 15.9 Å². The van der Waals surface area contributed by atoms with Crippen LogP contribution >= 0.6 is 23.4 Å². The highest BCUT2D eigenvalue weighted by Gasteiger charge is 2.24. The summed E-state index contributed by atoms with van der Waals surface area (Å²) in [5.74, 6) is 6.03. The number of nitrogens with one attached hydrogen (secondary N) is 1. The van der Waals surface area contributed by atoms with Crippen LogP contribution in [0.4, 0.5) is 0 Å². The first kappa shape index (κ1) is 20.9. The third-order valence-electron chi connectivity index (χ3n) is 4.63. The normalized spacial score (nSPS) is 21.1. The molecule has 144 valence electrons. The molecule has 7 heteroatoms. The number of rotatable bonds is 7. The first-order valence-electron chi connectivity index (χ1n) is 8.95. The Kier molecular flexibility index (Phi) is 8.13. The summed E-state index contributed by atoms with van der Waals surface area (Å²) in [5.41, 5.74) is 11.5. The molecule has 1 aromatic rings. The fourth-order valence-corrected chi connectivity index (χ4v) is 4.79. The van der Waals surface area contributed by atoms with Gasteiger partial charge >= 0.3 is 5.97 Å². The van der Waals surface area contributed by atoms with Crippen LogP contribution < -0.4 is 17.0 Å². The van der Waals surface area contributed by atoms with Crippen LogP contribution in [0.5, 0.6) is 0 Å². The van der Waals surface area contributed by atoms with Crippen LogP contribution in [-0.2, 0) is 9.53 Å². The number of benzene rings is 1. The Bertz CT molecular complexity index is 638. The van der Waals surface area contributed by atoms with E-state index in [-0.39, 0.29) is 12.3 Å². The Morgan fingerprint density at radius 2 is 2.00 bits per heavy atom. The summed E-state index contributed by atoms with van der Waals surface area (Å²) in [7, 11) is 0. The number of nitrogens with two attached hydrogens (primary N) is 2. The van der Waals surface area contributed by atoms with Crippen molar-refractivity contribution in [1.29, 1.82) is 0 Å². The Balaban J connectivity index is 1.87. The molecule has 1 fully saturated rings. The van der Waals surface area contributed by atoms with Gasteiger partial charge in [0.25, 0.3) is 0 Å². The van der Waals surface area contributed by atoms with Crippen molar-refractivity contribution < 1.29 is 9.53 Å². The highest BCUT2D eigenvalue weighted by atomic mass is 35.5. The minimum atomic E-state index is -0.506. The van der Waals surface area contributed by atoms with E-state index in [1.807, 2.05) is 6.07 Å². The molecule has 0 radical (unpaired) electrons. The summed E-state index contributed by atoms with van der Waals surface area (Å²) in [6, 6.07) is 6.32. The minimum Gasteiger partial charge on any atom is -0.461 e. The van der Waals surface area contributed by atoms with Crippen LogP contribution in [0, 0.1) is 6.92 Å². The second kappa shape index (κ2) is 10.1. The van der Waals surface area contributed by atoms with Gasteiger partial charge in [-0.15, -0.1) is 0 Å². The highest BCUT2D eigenvalue weighted by molar-refractivity contribution is 8.00. The topological polar surface area (TPSA) is 90.4 Å². The molecule has 2 rings (SSSR count). The summed E-state index contributed by atoms with van der Waals surface area (Å²) in [6.07, 6.45) is 4.53. The number of hydrogen-bond acceptors (Lipinski definition) is 6. The van der Waals surface area contributed by atoms with Gasteiger partial charge in [0.1, 0.15) is 0 Å². The standard InChI is InChI=1S/C19H28ClN3O2S/c1-3-25-19(24)18(23-22)17(21)11-26-16-6-4-13(5-7-16)14-8-12(2)9-15(20)10-14/h8-10,13,16,23H,3-7,11,21-22H2,1-2H3/b18-17-. The van der Waals surface area contributed by atoms with Gasteiger partial charge in [0.2, 0.25) is 0 Å². The summed E-state index contributed by atoms with van der Waals surface area (Å²) < 4.78 is 4.95. The molecular formula is C19H28ClN3O2S. The van der Waals surface area contributed by atoms with Crippen molar-refractivity contribution >= 4 is 29.3 Å². The monoisotopic (exact) mass is 397 g/mol. The lowest BCUT2D eigenvalue weighted by Crippen LogP contribution is -2.32. The van der Waals surface area contributed by atoms with Crippen LogP contribution in [0.25, 0.3) is 0 Å². The smallest absolute Gasteiger partial charge is 0.357 e. The molecule has 0 spiro atoms. The maximum atomic E-state index is 11.8. The maximum absolute atomic E-state index is 11.8. The molecule has 5 N–H and O–H groups in total. The Labute approximate surface area is 164 Å². The molecule has 1 aromatic carbocycles. The van der Waals surface area contributed by atoms with E-state index in [9.17, 15) is 4.79 Å². The van der Waals surface area contributed by atoms with Gasteiger partial charge in [-0.25, -0.2) is 4.79 Å². The van der Waals surface area contributed by atoms with Crippen molar-refractivity contribution in [2.45, 2.75) is 50.7 Å². The average Bonchev–Trinajstić information content (AvgIpc) is 2.60. The molecule has 0 atom stereocenters. The lowest BCUT2D eigenvalue weighted by atomic mass is 9.83. The van der Waals surface area contributed by atoms with Crippen LogP contribution in [0.2, 0.25) is 5.02 Å². The molecule has 1 aliphatic carbocycles. The van der Waals surface area contributed by atoms with E-state index >= 15 is 0 Å². The Hall–Kier alpha value is -1.37. The molecule has 1 aliphatic rings. The molecule has 0 unspecified atom stereocenters. The van der Waals surface area contributed by atoms with E-state index < -0.39 is 5.97 Å². The molecule has 0 bridgehead atoms. The van der Waals surface area contributed by atoms with E-state index in [0.717, 1.165) is 30.7 Å². The molecule has 0 amide bonds. The van der Waals surface area contributed by atoms with Gasteiger partial charge in [-0.2, -0.15) is 11.8 Å². The minimum absolute atomic E-state index is 0.155. The fourth-order valence-electron chi connectivity index (χ4n) is 3.33. The van der Waals surface area contributed by atoms with Gasteiger partial charge in [0, 0.05) is 16.0 Å². The molecule has 0 aromatic heterocycles. The van der Waals surface area contributed by atoms with Gasteiger partial charge in [-0.05, 0) is 68.7 Å². The quantitative estimate of drug-likeness (QED) is 0.282. The van der Waals surface area contributed by atoms with Crippen LogP contribution in [0.3, 0.4) is 0 Å². The summed E-state index contributed by atoms with van der Waals surface area (Å²) in [6.45, 7) is 4.12. The second-order valence-corrected chi connectivity index (χ2v) is 8.34.